The zero-order chi connectivity index (χ0) is 14.7. The zero-order valence-electron chi connectivity index (χ0n) is 11.3. The predicted octanol–water partition coefficient (Wildman–Crippen LogP) is 1.31. The lowest BCUT2D eigenvalue weighted by Gasteiger charge is -2.14. The average Bonchev–Trinajstić information content (AvgIpc) is 2.85. The van der Waals surface area contributed by atoms with Crippen molar-refractivity contribution in [1.82, 2.24) is 15.5 Å². The molecule has 0 spiro atoms. The summed E-state index contributed by atoms with van der Waals surface area (Å²) in [6.07, 6.45) is 1.48. The van der Waals surface area contributed by atoms with Gasteiger partial charge in [0.05, 0.1) is 17.8 Å². The van der Waals surface area contributed by atoms with Crippen LogP contribution in [0.25, 0.3) is 0 Å². The van der Waals surface area contributed by atoms with Gasteiger partial charge in [-0.1, -0.05) is 12.1 Å². The van der Waals surface area contributed by atoms with Crippen LogP contribution in [0.2, 0.25) is 0 Å². The average molecular weight is 272 g/mol. The first-order chi connectivity index (χ1) is 9.49. The highest BCUT2D eigenvalue weighted by Gasteiger charge is 2.15. The van der Waals surface area contributed by atoms with Gasteiger partial charge in [0.2, 0.25) is 5.91 Å². The smallest absolute Gasteiger partial charge is 0.255 e. The molecule has 20 heavy (non-hydrogen) atoms. The number of nitrogens with one attached hydrogen (secondary N) is 2. The van der Waals surface area contributed by atoms with Crippen molar-refractivity contribution >= 4 is 11.8 Å². The molecule has 0 saturated heterocycles. The molecule has 0 fully saturated rings. The third-order valence-corrected chi connectivity index (χ3v) is 3.09. The number of carbonyl (C=O) groups excluding carboxylic acids is 2. The highest BCUT2D eigenvalue weighted by Crippen LogP contribution is 2.15. The number of aryl methyl sites for hydroxylation is 1. The summed E-state index contributed by atoms with van der Waals surface area (Å²) in [5.41, 5.74) is 7.69. The molecule has 2 aromatic rings. The summed E-state index contributed by atoms with van der Waals surface area (Å²) < 4.78 is 0. The molecule has 4 N–H and O–H groups in total. The molecule has 0 aliphatic rings. The molecule has 2 amide bonds. The minimum atomic E-state index is -0.490. The minimum absolute atomic E-state index is 0.215. The lowest BCUT2D eigenvalue weighted by atomic mass is 10.0. The monoisotopic (exact) mass is 272 g/mol. The van der Waals surface area contributed by atoms with Gasteiger partial charge in [-0.25, -0.2) is 0 Å². The van der Waals surface area contributed by atoms with E-state index < -0.39 is 5.91 Å². The number of rotatable bonds is 4. The number of benzene rings is 1. The minimum Gasteiger partial charge on any atom is -0.366 e. The molecule has 0 radical (unpaired) electrons. The van der Waals surface area contributed by atoms with Gasteiger partial charge in [0.25, 0.3) is 5.91 Å². The van der Waals surface area contributed by atoms with Crippen LogP contribution < -0.4 is 11.1 Å². The van der Waals surface area contributed by atoms with Crippen molar-refractivity contribution in [3.63, 3.8) is 0 Å². The van der Waals surface area contributed by atoms with Gasteiger partial charge in [0.1, 0.15) is 0 Å². The van der Waals surface area contributed by atoms with Crippen LogP contribution >= 0.6 is 0 Å². The first-order valence-corrected chi connectivity index (χ1v) is 6.19. The van der Waals surface area contributed by atoms with E-state index in [2.05, 4.69) is 15.5 Å². The van der Waals surface area contributed by atoms with Crippen LogP contribution in [0.4, 0.5) is 0 Å². The van der Waals surface area contributed by atoms with Crippen molar-refractivity contribution in [2.75, 3.05) is 0 Å². The van der Waals surface area contributed by atoms with Crippen LogP contribution in [0.3, 0.4) is 0 Å². The van der Waals surface area contributed by atoms with E-state index in [-0.39, 0.29) is 11.9 Å². The number of aromatic amines is 1. The molecule has 0 aliphatic carbocycles. The number of H-pyrrole nitrogens is 1. The quantitative estimate of drug-likeness (QED) is 0.782. The third kappa shape index (κ3) is 2.85. The summed E-state index contributed by atoms with van der Waals surface area (Å²) in [7, 11) is 0. The number of aromatic nitrogens is 2. The van der Waals surface area contributed by atoms with Gasteiger partial charge in [-0.2, -0.15) is 5.10 Å². The first-order valence-electron chi connectivity index (χ1n) is 6.19. The highest BCUT2D eigenvalue weighted by molar-refractivity contribution is 5.95. The topological polar surface area (TPSA) is 101 Å². The molecule has 6 heteroatoms. The van der Waals surface area contributed by atoms with Crippen LogP contribution in [-0.2, 0) is 0 Å². The van der Waals surface area contributed by atoms with Gasteiger partial charge in [-0.3, -0.25) is 14.7 Å². The number of hydrogen-bond acceptors (Lipinski definition) is 3. The van der Waals surface area contributed by atoms with E-state index in [0.29, 0.717) is 16.8 Å². The second kappa shape index (κ2) is 5.56. The van der Waals surface area contributed by atoms with Gasteiger partial charge in [0, 0.05) is 11.3 Å². The number of primary amides is 1. The van der Waals surface area contributed by atoms with Gasteiger partial charge in [-0.15, -0.1) is 0 Å². The second-order valence-corrected chi connectivity index (χ2v) is 4.59. The molecule has 1 heterocycles. The van der Waals surface area contributed by atoms with E-state index in [0.717, 1.165) is 5.56 Å². The number of hydrogen-bond donors (Lipinski definition) is 3. The summed E-state index contributed by atoms with van der Waals surface area (Å²) in [6.45, 7) is 3.62. The number of nitrogens with zero attached hydrogens (tertiary/aromatic N) is 1. The predicted molar refractivity (Wildman–Crippen MR) is 74.2 cm³/mol. The Morgan fingerprint density at radius 2 is 2.15 bits per heavy atom. The van der Waals surface area contributed by atoms with Gasteiger partial charge < -0.3 is 11.1 Å². The van der Waals surface area contributed by atoms with E-state index in [1.807, 2.05) is 13.0 Å². The summed E-state index contributed by atoms with van der Waals surface area (Å²) in [5.74, 6) is -0.704. The molecule has 2 rings (SSSR count). The van der Waals surface area contributed by atoms with Gasteiger partial charge in [0.15, 0.2) is 0 Å². The van der Waals surface area contributed by atoms with E-state index in [1.54, 1.807) is 25.1 Å². The highest BCUT2D eigenvalue weighted by atomic mass is 16.2. The maximum absolute atomic E-state index is 12.1. The molecule has 1 atom stereocenters. The van der Waals surface area contributed by atoms with Crippen molar-refractivity contribution in [2.45, 2.75) is 19.9 Å². The standard InChI is InChI=1S/C14H16N4O2/c1-8(10-4-3-5-11(6-10)13(15)19)17-14(20)12-7-16-18-9(12)2/h3-8H,1-2H3,(H2,15,19)(H,16,18)(H,17,20). The maximum Gasteiger partial charge on any atom is 0.255 e. The first kappa shape index (κ1) is 13.8. The molecular weight excluding hydrogens is 256 g/mol. The van der Waals surface area contributed by atoms with E-state index in [9.17, 15) is 9.59 Å². The lowest BCUT2D eigenvalue weighted by Crippen LogP contribution is -2.27. The Kier molecular flexibility index (Phi) is 3.84. The zero-order valence-corrected chi connectivity index (χ0v) is 11.3. The summed E-state index contributed by atoms with van der Waals surface area (Å²) in [4.78, 5) is 23.2. The van der Waals surface area contributed by atoms with Crippen molar-refractivity contribution in [2.24, 2.45) is 5.73 Å². The van der Waals surface area contributed by atoms with Crippen molar-refractivity contribution in [1.29, 1.82) is 0 Å². The van der Waals surface area contributed by atoms with Crippen LogP contribution in [0.15, 0.2) is 30.5 Å². The Hall–Kier alpha value is -2.63. The molecule has 1 aromatic heterocycles. The Morgan fingerprint density at radius 3 is 2.75 bits per heavy atom. The summed E-state index contributed by atoms with van der Waals surface area (Å²) >= 11 is 0. The summed E-state index contributed by atoms with van der Waals surface area (Å²) in [5, 5.41) is 9.38. The fourth-order valence-electron chi connectivity index (χ4n) is 1.90. The molecule has 0 bridgehead atoms. The Bertz CT molecular complexity index is 648. The Morgan fingerprint density at radius 1 is 1.40 bits per heavy atom. The van der Waals surface area contributed by atoms with Crippen molar-refractivity contribution in [3.8, 4) is 0 Å². The van der Waals surface area contributed by atoms with Crippen LogP contribution in [0.5, 0.6) is 0 Å². The molecular formula is C14H16N4O2. The van der Waals surface area contributed by atoms with Crippen molar-refractivity contribution in [3.05, 3.63) is 52.8 Å². The van der Waals surface area contributed by atoms with E-state index in [4.69, 9.17) is 5.73 Å². The number of nitrogens with two attached hydrogens (primary N) is 1. The molecule has 1 aromatic carbocycles. The largest absolute Gasteiger partial charge is 0.366 e. The van der Waals surface area contributed by atoms with Crippen LogP contribution in [0.1, 0.15) is 44.9 Å². The molecule has 104 valence electrons. The van der Waals surface area contributed by atoms with E-state index in [1.165, 1.54) is 6.20 Å². The molecule has 0 aliphatic heterocycles. The molecule has 6 nitrogen and oxygen atoms in total. The van der Waals surface area contributed by atoms with Crippen molar-refractivity contribution < 1.29 is 9.59 Å². The van der Waals surface area contributed by atoms with Crippen LogP contribution in [-0.4, -0.2) is 22.0 Å². The Labute approximate surface area is 116 Å². The SMILES string of the molecule is Cc1[nH]ncc1C(=O)NC(C)c1cccc(C(N)=O)c1. The fraction of sp³-hybridized carbons (Fsp3) is 0.214. The fourth-order valence-corrected chi connectivity index (χ4v) is 1.90. The van der Waals surface area contributed by atoms with Gasteiger partial charge in [-0.05, 0) is 31.5 Å². The lowest BCUT2D eigenvalue weighted by molar-refractivity contribution is 0.0939. The molecule has 0 saturated carbocycles. The van der Waals surface area contributed by atoms with Crippen LogP contribution in [0, 0.1) is 6.92 Å². The normalized spacial score (nSPS) is 11.9. The maximum atomic E-state index is 12.1. The van der Waals surface area contributed by atoms with E-state index >= 15 is 0 Å². The molecule has 1 unspecified atom stereocenters. The number of carbonyl (C=O) groups is 2. The number of amides is 2. The third-order valence-electron chi connectivity index (χ3n) is 3.09. The second-order valence-electron chi connectivity index (χ2n) is 4.59. The van der Waals surface area contributed by atoms with Gasteiger partial charge >= 0.3 is 0 Å². The summed E-state index contributed by atoms with van der Waals surface area (Å²) in [6, 6.07) is 6.65. The Balaban J connectivity index is 2.14.